The van der Waals surface area contributed by atoms with Gasteiger partial charge in [-0.2, -0.15) is 4.31 Å². The second-order valence-corrected chi connectivity index (χ2v) is 10.4. The predicted octanol–water partition coefficient (Wildman–Crippen LogP) is 2.52. The Morgan fingerprint density at radius 3 is 2.27 bits per heavy atom. The van der Waals surface area contributed by atoms with Crippen molar-refractivity contribution in [1.29, 1.82) is 0 Å². The topological polar surface area (TPSA) is 87.2 Å². The fourth-order valence-corrected chi connectivity index (χ4v) is 5.00. The van der Waals surface area contributed by atoms with Gasteiger partial charge in [0.25, 0.3) is 0 Å². The van der Waals surface area contributed by atoms with Gasteiger partial charge in [-0.25, -0.2) is 8.42 Å². The number of piperazine rings is 1. The van der Waals surface area contributed by atoms with Gasteiger partial charge in [-0.15, -0.1) is 0 Å². The lowest BCUT2D eigenvalue weighted by molar-refractivity contribution is -0.133. The average molecular weight is 494 g/mol. The largest absolute Gasteiger partial charge is 0.496 e. The van der Waals surface area contributed by atoms with Crippen molar-refractivity contribution in [3.8, 4) is 5.75 Å². The van der Waals surface area contributed by atoms with Gasteiger partial charge in [0.2, 0.25) is 15.9 Å². The maximum atomic E-state index is 12.8. The molecule has 3 rings (SSSR count). The molecule has 1 fully saturated rings. The SMILES string of the molecule is COc1ccc(Cl)cc1CN1CCN(C(=O)CN(C)S(=O)(=O)c2ccc(C(C)=O)cc2)CC1. The zero-order chi connectivity index (χ0) is 24.2. The first-order chi connectivity index (χ1) is 15.6. The molecule has 33 heavy (non-hydrogen) atoms. The van der Waals surface area contributed by atoms with Crippen LogP contribution in [0.3, 0.4) is 0 Å². The summed E-state index contributed by atoms with van der Waals surface area (Å²) >= 11 is 6.11. The van der Waals surface area contributed by atoms with Crippen molar-refractivity contribution < 1.29 is 22.7 Å². The van der Waals surface area contributed by atoms with Crippen LogP contribution in [0.4, 0.5) is 0 Å². The number of ketones is 1. The quantitative estimate of drug-likeness (QED) is 0.525. The molecular weight excluding hydrogens is 466 g/mol. The van der Waals surface area contributed by atoms with E-state index in [1.54, 1.807) is 18.1 Å². The van der Waals surface area contributed by atoms with E-state index in [0.29, 0.717) is 43.3 Å². The van der Waals surface area contributed by atoms with Crippen molar-refractivity contribution in [2.75, 3.05) is 46.9 Å². The van der Waals surface area contributed by atoms with Crippen molar-refractivity contribution in [1.82, 2.24) is 14.1 Å². The molecule has 0 radical (unpaired) electrons. The summed E-state index contributed by atoms with van der Waals surface area (Å²) in [6, 6.07) is 11.2. The van der Waals surface area contributed by atoms with Gasteiger partial charge in [0.15, 0.2) is 5.78 Å². The number of methoxy groups -OCH3 is 1. The van der Waals surface area contributed by atoms with Crippen LogP contribution in [0, 0.1) is 0 Å². The molecule has 2 aromatic rings. The fraction of sp³-hybridized carbons (Fsp3) is 0.391. The molecule has 2 aromatic carbocycles. The number of rotatable bonds is 8. The van der Waals surface area contributed by atoms with Crippen LogP contribution in [0.15, 0.2) is 47.4 Å². The van der Waals surface area contributed by atoms with E-state index in [0.717, 1.165) is 15.6 Å². The molecule has 0 unspecified atom stereocenters. The highest BCUT2D eigenvalue weighted by Gasteiger charge is 2.27. The van der Waals surface area contributed by atoms with Crippen LogP contribution < -0.4 is 4.74 Å². The number of likely N-dealkylation sites (N-methyl/N-ethyl adjacent to an activating group) is 1. The van der Waals surface area contributed by atoms with Crippen molar-refractivity contribution >= 4 is 33.3 Å². The Balaban J connectivity index is 1.56. The van der Waals surface area contributed by atoms with Gasteiger partial charge in [-0.05, 0) is 37.3 Å². The zero-order valence-electron chi connectivity index (χ0n) is 19.0. The molecule has 0 spiro atoms. The van der Waals surface area contributed by atoms with Gasteiger partial charge in [0, 0.05) is 55.9 Å². The van der Waals surface area contributed by atoms with E-state index in [4.69, 9.17) is 16.3 Å². The minimum atomic E-state index is -3.84. The summed E-state index contributed by atoms with van der Waals surface area (Å²) in [6.45, 7) is 4.13. The summed E-state index contributed by atoms with van der Waals surface area (Å²) in [4.78, 5) is 28.1. The van der Waals surface area contributed by atoms with Crippen LogP contribution in [0.5, 0.6) is 5.75 Å². The Kier molecular flexibility index (Phi) is 8.12. The van der Waals surface area contributed by atoms with Gasteiger partial charge in [-0.3, -0.25) is 14.5 Å². The van der Waals surface area contributed by atoms with Crippen molar-refractivity contribution in [2.24, 2.45) is 0 Å². The number of amides is 1. The third-order valence-corrected chi connectivity index (χ3v) is 7.74. The van der Waals surface area contributed by atoms with Gasteiger partial charge < -0.3 is 9.64 Å². The van der Waals surface area contributed by atoms with Crippen molar-refractivity contribution in [3.05, 3.63) is 58.6 Å². The Morgan fingerprint density at radius 2 is 1.70 bits per heavy atom. The molecule has 0 aliphatic carbocycles. The number of nitrogens with zero attached hydrogens (tertiary/aromatic N) is 3. The summed E-state index contributed by atoms with van der Waals surface area (Å²) in [5.41, 5.74) is 1.41. The first-order valence-electron chi connectivity index (χ1n) is 10.5. The summed E-state index contributed by atoms with van der Waals surface area (Å²) in [6.07, 6.45) is 0. The van der Waals surface area contributed by atoms with E-state index in [-0.39, 0.29) is 23.1 Å². The number of ether oxygens (including phenoxy) is 1. The van der Waals surface area contributed by atoms with Gasteiger partial charge in [-0.1, -0.05) is 23.7 Å². The van der Waals surface area contributed by atoms with Crippen molar-refractivity contribution in [2.45, 2.75) is 18.4 Å². The number of hydrogen-bond donors (Lipinski definition) is 0. The van der Waals surface area contributed by atoms with Crippen LogP contribution in [0.1, 0.15) is 22.8 Å². The molecular formula is C23H28ClN3O5S. The minimum absolute atomic E-state index is 0.0445. The minimum Gasteiger partial charge on any atom is -0.496 e. The van der Waals surface area contributed by atoms with Crippen LogP contribution in [-0.2, 0) is 21.4 Å². The molecule has 1 aliphatic heterocycles. The lowest BCUT2D eigenvalue weighted by Crippen LogP contribution is -2.51. The highest BCUT2D eigenvalue weighted by Crippen LogP contribution is 2.24. The Bertz CT molecular complexity index is 1110. The van der Waals surface area contributed by atoms with Gasteiger partial charge >= 0.3 is 0 Å². The van der Waals surface area contributed by atoms with Gasteiger partial charge in [0.05, 0.1) is 18.6 Å². The molecule has 0 bridgehead atoms. The average Bonchev–Trinajstić information content (AvgIpc) is 2.79. The standard InChI is InChI=1S/C23H28ClN3O5S/c1-17(28)18-4-7-21(8-5-18)33(30,31)25(2)16-23(29)27-12-10-26(11-13-27)15-19-14-20(24)6-9-22(19)32-3/h4-9,14H,10-13,15-16H2,1-3H3. The number of sulfonamides is 1. The molecule has 1 heterocycles. The molecule has 0 saturated carbocycles. The third kappa shape index (κ3) is 6.11. The number of benzene rings is 2. The van der Waals surface area contributed by atoms with Crippen LogP contribution >= 0.6 is 11.6 Å². The Hall–Kier alpha value is -2.46. The second kappa shape index (κ2) is 10.6. The molecule has 0 atom stereocenters. The lowest BCUT2D eigenvalue weighted by atomic mass is 10.1. The molecule has 1 saturated heterocycles. The van der Waals surface area contributed by atoms with Crippen LogP contribution in [0.25, 0.3) is 0 Å². The fourth-order valence-electron chi connectivity index (χ4n) is 3.68. The number of carbonyl (C=O) groups is 2. The highest BCUT2D eigenvalue weighted by atomic mass is 35.5. The monoisotopic (exact) mass is 493 g/mol. The summed E-state index contributed by atoms with van der Waals surface area (Å²) in [5.74, 6) is 0.373. The van der Waals surface area contributed by atoms with E-state index in [1.165, 1.54) is 38.2 Å². The van der Waals surface area contributed by atoms with E-state index in [2.05, 4.69) is 4.90 Å². The lowest BCUT2D eigenvalue weighted by Gasteiger charge is -2.35. The third-order valence-electron chi connectivity index (χ3n) is 5.69. The first-order valence-corrected chi connectivity index (χ1v) is 12.3. The first kappa shape index (κ1) is 25.2. The molecule has 178 valence electrons. The molecule has 8 nitrogen and oxygen atoms in total. The van der Waals surface area contributed by atoms with E-state index < -0.39 is 10.0 Å². The molecule has 1 aliphatic rings. The Morgan fingerprint density at radius 1 is 1.06 bits per heavy atom. The second-order valence-electron chi connectivity index (χ2n) is 7.95. The van der Waals surface area contributed by atoms with Gasteiger partial charge in [0.1, 0.15) is 5.75 Å². The maximum absolute atomic E-state index is 12.8. The maximum Gasteiger partial charge on any atom is 0.243 e. The molecule has 1 amide bonds. The van der Waals surface area contributed by atoms with Crippen molar-refractivity contribution in [3.63, 3.8) is 0 Å². The Labute approximate surface area is 199 Å². The summed E-state index contributed by atoms with van der Waals surface area (Å²) in [7, 11) is -0.841. The summed E-state index contributed by atoms with van der Waals surface area (Å²) in [5, 5.41) is 0.639. The normalized spacial score (nSPS) is 15.0. The van der Waals surface area contributed by atoms with E-state index >= 15 is 0 Å². The zero-order valence-corrected chi connectivity index (χ0v) is 20.5. The number of halogens is 1. The molecule has 0 N–H and O–H groups in total. The van der Waals surface area contributed by atoms with E-state index in [9.17, 15) is 18.0 Å². The molecule has 0 aromatic heterocycles. The van der Waals surface area contributed by atoms with E-state index in [1.807, 2.05) is 12.1 Å². The number of Topliss-reactive ketones (excluding diaryl/α,β-unsaturated/α-hetero) is 1. The number of hydrogen-bond acceptors (Lipinski definition) is 6. The highest BCUT2D eigenvalue weighted by molar-refractivity contribution is 7.89. The smallest absolute Gasteiger partial charge is 0.243 e. The molecule has 10 heteroatoms. The number of carbonyl (C=O) groups excluding carboxylic acids is 2. The van der Waals surface area contributed by atoms with Crippen LogP contribution in [0.2, 0.25) is 5.02 Å². The van der Waals surface area contributed by atoms with Crippen LogP contribution in [-0.4, -0.2) is 81.1 Å². The summed E-state index contributed by atoms with van der Waals surface area (Å²) < 4.78 is 32.1. The predicted molar refractivity (Wildman–Crippen MR) is 126 cm³/mol.